The third kappa shape index (κ3) is 21.3. The molecule has 0 atom stereocenters. The van der Waals surface area contributed by atoms with Crippen LogP contribution in [-0.2, 0) is 51.4 Å². The van der Waals surface area contributed by atoms with Gasteiger partial charge in [0, 0.05) is 9.79 Å². The van der Waals surface area contributed by atoms with Crippen LogP contribution in [0.25, 0.3) is 0 Å². The van der Waals surface area contributed by atoms with Gasteiger partial charge in [-0.1, -0.05) is 221 Å². The van der Waals surface area contributed by atoms with Crippen molar-refractivity contribution in [1.29, 1.82) is 0 Å². The average molecular weight is 892 g/mol. The first-order valence-corrected chi connectivity index (χ1v) is 29.2. The standard InChI is InChI=1S/C60H106O2S/c1-9-17-25-33-41-49-53(45-37-29-21-13-5)59(54(46-38-30-22-14-6)50(57(49)61)42-34-26-18-10-2)63-60-55(47-39-31-23-15-7)51(43-35-27-19-11-3)58(62)52(44-36-28-20-12-4)56(60)48-40-32-24-16-8/h61-62H,9-48H2,1-8H3. The van der Waals surface area contributed by atoms with Crippen LogP contribution < -0.4 is 0 Å². The number of unbranched alkanes of at least 4 members (excludes halogenated alkanes) is 24. The summed E-state index contributed by atoms with van der Waals surface area (Å²) in [6, 6.07) is 0. The SMILES string of the molecule is CCCCCCc1c(O)c(CCCCCC)c(CCCCCC)c(Sc2c(CCCCCC)c(CCCCCC)c(O)c(CCCCCC)c2CCCCCC)c1CCCCCC. The first kappa shape index (κ1) is 57.5. The van der Waals surface area contributed by atoms with Crippen molar-refractivity contribution in [3.63, 3.8) is 0 Å². The largest absolute Gasteiger partial charge is 0.507 e. The van der Waals surface area contributed by atoms with E-state index in [2.05, 4.69) is 67.2 Å². The van der Waals surface area contributed by atoms with Crippen molar-refractivity contribution in [2.24, 2.45) is 0 Å². The van der Waals surface area contributed by atoms with Crippen molar-refractivity contribution in [1.82, 2.24) is 0 Å². The molecule has 2 aromatic rings. The molecule has 2 nitrogen and oxygen atoms in total. The highest BCUT2D eigenvalue weighted by Gasteiger charge is 2.29. The van der Waals surface area contributed by atoms with Gasteiger partial charge in [0.15, 0.2) is 0 Å². The lowest BCUT2D eigenvalue weighted by molar-refractivity contribution is 0.452. The quantitative estimate of drug-likeness (QED) is 0.0653. The minimum absolute atomic E-state index is 0.682. The summed E-state index contributed by atoms with van der Waals surface area (Å²) >= 11 is 2.18. The lowest BCUT2D eigenvalue weighted by Crippen LogP contribution is -2.11. The number of rotatable bonds is 42. The Balaban J connectivity index is 3.22. The van der Waals surface area contributed by atoms with Crippen LogP contribution in [0.5, 0.6) is 11.5 Å². The number of hydrogen-bond acceptors (Lipinski definition) is 3. The summed E-state index contributed by atoms with van der Waals surface area (Å²) in [5.41, 5.74) is 11.2. The molecule has 3 heteroatoms. The van der Waals surface area contributed by atoms with Crippen LogP contribution in [-0.4, -0.2) is 10.2 Å². The van der Waals surface area contributed by atoms with Gasteiger partial charge in [-0.05, 0) is 147 Å². The maximum Gasteiger partial charge on any atom is 0.122 e. The van der Waals surface area contributed by atoms with E-state index in [1.807, 2.05) is 0 Å². The second-order valence-corrected chi connectivity index (χ2v) is 20.8. The maximum atomic E-state index is 12.8. The lowest BCUT2D eigenvalue weighted by Gasteiger charge is -2.29. The summed E-state index contributed by atoms with van der Waals surface area (Å²) in [6.45, 7) is 18.6. The Labute approximate surface area is 398 Å². The van der Waals surface area contributed by atoms with Gasteiger partial charge in [0.05, 0.1) is 0 Å². The Hall–Kier alpha value is -1.61. The molecule has 2 rings (SSSR count). The van der Waals surface area contributed by atoms with E-state index in [0.717, 1.165) is 77.0 Å². The smallest absolute Gasteiger partial charge is 0.122 e. The minimum Gasteiger partial charge on any atom is -0.507 e. The van der Waals surface area contributed by atoms with Crippen molar-refractivity contribution in [2.45, 2.75) is 322 Å². The third-order valence-electron chi connectivity index (χ3n) is 14.1. The van der Waals surface area contributed by atoms with Gasteiger partial charge in [0.2, 0.25) is 0 Å². The number of phenols is 2. The summed E-state index contributed by atoms with van der Waals surface area (Å²) in [7, 11) is 0. The van der Waals surface area contributed by atoms with Gasteiger partial charge in [0.25, 0.3) is 0 Å². The molecule has 2 aromatic carbocycles. The van der Waals surface area contributed by atoms with E-state index in [-0.39, 0.29) is 0 Å². The van der Waals surface area contributed by atoms with Crippen molar-refractivity contribution in [2.75, 3.05) is 0 Å². The molecule has 0 bridgehead atoms. The molecule has 63 heavy (non-hydrogen) atoms. The molecule has 0 saturated carbocycles. The summed E-state index contributed by atoms with van der Waals surface area (Å²) < 4.78 is 0. The van der Waals surface area contributed by atoms with Crippen molar-refractivity contribution in [3.8, 4) is 11.5 Å². The van der Waals surface area contributed by atoms with Gasteiger partial charge in [-0.15, -0.1) is 0 Å². The normalized spacial score (nSPS) is 11.7. The highest BCUT2D eigenvalue weighted by atomic mass is 32.2. The molecule has 0 saturated heterocycles. The number of hydrogen-bond donors (Lipinski definition) is 2. The topological polar surface area (TPSA) is 40.5 Å². The summed E-state index contributed by atoms with van der Waals surface area (Å²) in [6.07, 6.45) is 47.8. The lowest BCUT2D eigenvalue weighted by atomic mass is 9.86. The zero-order chi connectivity index (χ0) is 45.9. The molecule has 2 N–H and O–H groups in total. The first-order valence-electron chi connectivity index (χ1n) is 28.3. The molecule has 364 valence electrons. The molecule has 0 aliphatic carbocycles. The van der Waals surface area contributed by atoms with Gasteiger partial charge in [-0.2, -0.15) is 0 Å². The van der Waals surface area contributed by atoms with E-state index in [4.69, 9.17) is 0 Å². The predicted octanol–water partition coefficient (Wildman–Crippen LogP) is 20.2. The monoisotopic (exact) mass is 891 g/mol. The second-order valence-electron chi connectivity index (χ2n) is 19.8. The van der Waals surface area contributed by atoms with Gasteiger partial charge < -0.3 is 10.2 Å². The Morgan fingerprint density at radius 1 is 0.222 bits per heavy atom. The van der Waals surface area contributed by atoms with Crippen molar-refractivity contribution in [3.05, 3.63) is 44.5 Å². The van der Waals surface area contributed by atoms with Gasteiger partial charge in [-0.3, -0.25) is 0 Å². The molecule has 0 radical (unpaired) electrons. The van der Waals surface area contributed by atoms with E-state index in [1.54, 1.807) is 9.79 Å². The molecule has 0 amide bonds. The summed E-state index contributed by atoms with van der Waals surface area (Å²) in [4.78, 5) is 3.09. The van der Waals surface area contributed by atoms with Gasteiger partial charge in [-0.25, -0.2) is 0 Å². The third-order valence-corrected chi connectivity index (χ3v) is 15.5. The van der Waals surface area contributed by atoms with Crippen LogP contribution >= 0.6 is 11.8 Å². The molecule has 0 aliphatic rings. The molecular formula is C60H106O2S. The Morgan fingerprint density at radius 2 is 0.381 bits per heavy atom. The number of aromatic hydroxyl groups is 2. The van der Waals surface area contributed by atoms with E-state index < -0.39 is 0 Å². The van der Waals surface area contributed by atoms with Gasteiger partial charge >= 0.3 is 0 Å². The van der Waals surface area contributed by atoms with Crippen molar-refractivity contribution < 1.29 is 10.2 Å². The highest BCUT2D eigenvalue weighted by Crippen LogP contribution is 2.50. The first-order chi connectivity index (χ1) is 30.9. The molecule has 0 spiro atoms. The molecule has 0 heterocycles. The van der Waals surface area contributed by atoms with Crippen LogP contribution in [0.1, 0.15) is 305 Å². The second kappa shape index (κ2) is 37.5. The maximum absolute atomic E-state index is 12.8. The van der Waals surface area contributed by atoms with Crippen LogP contribution in [0, 0.1) is 0 Å². The fourth-order valence-electron chi connectivity index (χ4n) is 10.2. The number of phenolic OH excluding ortho intramolecular Hbond substituents is 2. The molecule has 0 fully saturated rings. The van der Waals surface area contributed by atoms with E-state index in [0.29, 0.717) is 11.5 Å². The van der Waals surface area contributed by atoms with Crippen LogP contribution in [0.15, 0.2) is 9.79 Å². The van der Waals surface area contributed by atoms with E-state index in [1.165, 1.54) is 224 Å². The zero-order valence-electron chi connectivity index (χ0n) is 43.6. The summed E-state index contributed by atoms with van der Waals surface area (Å²) in [5, 5.41) is 25.5. The summed E-state index contributed by atoms with van der Waals surface area (Å²) in [5.74, 6) is 1.36. The highest BCUT2D eigenvalue weighted by molar-refractivity contribution is 7.99. The fourth-order valence-corrected chi connectivity index (χ4v) is 11.8. The number of benzene rings is 2. The van der Waals surface area contributed by atoms with Crippen LogP contribution in [0.3, 0.4) is 0 Å². The van der Waals surface area contributed by atoms with E-state index in [9.17, 15) is 10.2 Å². The van der Waals surface area contributed by atoms with E-state index >= 15 is 0 Å². The molecule has 0 aromatic heterocycles. The van der Waals surface area contributed by atoms with Crippen LogP contribution in [0.2, 0.25) is 0 Å². The molecule has 0 aliphatic heterocycles. The Bertz CT molecular complexity index is 1240. The molecule has 0 unspecified atom stereocenters. The Morgan fingerprint density at radius 3 is 0.540 bits per heavy atom. The average Bonchev–Trinajstić information content (AvgIpc) is 3.28. The Kier molecular flexibility index (Phi) is 34.2. The zero-order valence-corrected chi connectivity index (χ0v) is 44.4. The van der Waals surface area contributed by atoms with Crippen LogP contribution in [0.4, 0.5) is 0 Å². The van der Waals surface area contributed by atoms with Gasteiger partial charge in [0.1, 0.15) is 11.5 Å². The fraction of sp³-hybridized carbons (Fsp3) is 0.800. The minimum atomic E-state index is 0.682. The predicted molar refractivity (Wildman–Crippen MR) is 283 cm³/mol. The molecular weight excluding hydrogens is 785 g/mol. The van der Waals surface area contributed by atoms with Crippen molar-refractivity contribution >= 4 is 11.8 Å².